The number of hydrogen-bond acceptors (Lipinski definition) is 4. The van der Waals surface area contributed by atoms with Crippen molar-refractivity contribution in [2.24, 2.45) is 0 Å². The molecule has 0 unspecified atom stereocenters. The minimum Gasteiger partial charge on any atom is -0.397 e. The highest BCUT2D eigenvalue weighted by Crippen LogP contribution is 2.05. The molecular formula is C10H12N2OS. The highest BCUT2D eigenvalue weighted by molar-refractivity contribution is 8.13. The van der Waals surface area contributed by atoms with Crippen LogP contribution in [0.15, 0.2) is 24.4 Å². The molecule has 0 amide bonds. The first-order chi connectivity index (χ1) is 6.68. The van der Waals surface area contributed by atoms with E-state index in [1.807, 2.05) is 18.2 Å². The molecule has 0 aliphatic carbocycles. The Kier molecular flexibility index (Phi) is 4.19. The van der Waals surface area contributed by atoms with Crippen molar-refractivity contribution in [2.75, 3.05) is 11.5 Å². The van der Waals surface area contributed by atoms with E-state index in [4.69, 9.17) is 5.73 Å². The lowest BCUT2D eigenvalue weighted by molar-refractivity contribution is -0.109. The summed E-state index contributed by atoms with van der Waals surface area (Å²) in [5, 5.41) is 0.125. The van der Waals surface area contributed by atoms with Crippen LogP contribution in [0.2, 0.25) is 0 Å². The van der Waals surface area contributed by atoms with Crippen LogP contribution in [0.4, 0.5) is 5.69 Å². The average molecular weight is 208 g/mol. The van der Waals surface area contributed by atoms with E-state index in [-0.39, 0.29) is 5.12 Å². The van der Waals surface area contributed by atoms with Gasteiger partial charge >= 0.3 is 0 Å². The van der Waals surface area contributed by atoms with E-state index in [1.165, 1.54) is 11.8 Å². The molecule has 0 aromatic carbocycles. The van der Waals surface area contributed by atoms with E-state index in [9.17, 15) is 4.79 Å². The topological polar surface area (TPSA) is 56.0 Å². The van der Waals surface area contributed by atoms with Crippen LogP contribution in [0.5, 0.6) is 0 Å². The molecule has 3 nitrogen and oxygen atoms in total. The monoisotopic (exact) mass is 208 g/mol. The molecule has 0 saturated heterocycles. The van der Waals surface area contributed by atoms with Crippen molar-refractivity contribution < 1.29 is 4.79 Å². The maximum atomic E-state index is 10.6. The first kappa shape index (κ1) is 10.8. The number of thioether (sulfide) groups is 1. The zero-order chi connectivity index (χ0) is 10.4. The number of rotatable bonds is 3. The van der Waals surface area contributed by atoms with E-state index < -0.39 is 0 Å². The third-order valence-electron chi connectivity index (χ3n) is 1.48. The van der Waals surface area contributed by atoms with Crippen molar-refractivity contribution in [3.8, 4) is 0 Å². The van der Waals surface area contributed by atoms with E-state index >= 15 is 0 Å². The molecule has 14 heavy (non-hydrogen) atoms. The normalized spacial score (nSPS) is 10.6. The van der Waals surface area contributed by atoms with Crippen LogP contribution in [-0.4, -0.2) is 15.9 Å². The van der Waals surface area contributed by atoms with Crippen LogP contribution < -0.4 is 5.73 Å². The second kappa shape index (κ2) is 5.44. The minimum absolute atomic E-state index is 0.125. The standard InChI is InChI=1S/C10H12N2OS/c1-8(13)14-6-2-3-10-5-4-9(11)7-12-10/h2-5,7H,6,11H2,1H3. The van der Waals surface area contributed by atoms with Gasteiger partial charge in [0.2, 0.25) is 0 Å². The Hall–Kier alpha value is -1.29. The van der Waals surface area contributed by atoms with Gasteiger partial charge in [0.05, 0.1) is 17.6 Å². The van der Waals surface area contributed by atoms with Crippen LogP contribution in [-0.2, 0) is 4.79 Å². The van der Waals surface area contributed by atoms with Gasteiger partial charge in [-0.2, -0.15) is 0 Å². The van der Waals surface area contributed by atoms with Gasteiger partial charge in [0, 0.05) is 12.7 Å². The number of nitrogens with two attached hydrogens (primary N) is 1. The maximum Gasteiger partial charge on any atom is 0.186 e. The molecular weight excluding hydrogens is 196 g/mol. The Balaban J connectivity index is 2.44. The Bertz CT molecular complexity index is 332. The van der Waals surface area contributed by atoms with E-state index in [0.717, 1.165) is 5.69 Å². The summed E-state index contributed by atoms with van der Waals surface area (Å²) in [7, 11) is 0. The fourth-order valence-electron chi connectivity index (χ4n) is 0.850. The molecule has 4 heteroatoms. The molecule has 2 N–H and O–H groups in total. The van der Waals surface area contributed by atoms with Crippen LogP contribution >= 0.6 is 11.8 Å². The highest BCUT2D eigenvalue weighted by Gasteiger charge is 1.90. The Morgan fingerprint density at radius 2 is 2.43 bits per heavy atom. The van der Waals surface area contributed by atoms with Gasteiger partial charge in [-0.15, -0.1) is 0 Å². The lowest BCUT2D eigenvalue weighted by atomic mass is 10.3. The van der Waals surface area contributed by atoms with Crippen molar-refractivity contribution in [2.45, 2.75) is 6.92 Å². The minimum atomic E-state index is 0.125. The molecule has 0 bridgehead atoms. The lowest BCUT2D eigenvalue weighted by Crippen LogP contribution is -1.87. The highest BCUT2D eigenvalue weighted by atomic mass is 32.2. The van der Waals surface area contributed by atoms with Gasteiger partial charge in [-0.3, -0.25) is 9.78 Å². The maximum absolute atomic E-state index is 10.6. The van der Waals surface area contributed by atoms with Gasteiger partial charge in [0.25, 0.3) is 0 Å². The number of hydrogen-bond donors (Lipinski definition) is 1. The van der Waals surface area contributed by atoms with E-state index in [2.05, 4.69) is 4.98 Å². The molecule has 0 radical (unpaired) electrons. The van der Waals surface area contributed by atoms with Gasteiger partial charge in [-0.1, -0.05) is 17.8 Å². The molecule has 74 valence electrons. The summed E-state index contributed by atoms with van der Waals surface area (Å²) >= 11 is 1.28. The summed E-state index contributed by atoms with van der Waals surface area (Å²) in [5.41, 5.74) is 6.99. The molecule has 0 atom stereocenters. The summed E-state index contributed by atoms with van der Waals surface area (Å²) in [4.78, 5) is 14.7. The first-order valence-corrected chi connectivity index (χ1v) is 5.18. The molecule has 1 rings (SSSR count). The number of carbonyl (C=O) groups excluding carboxylic acids is 1. The molecule has 0 fully saturated rings. The SMILES string of the molecule is CC(=O)SCC=Cc1ccc(N)cn1. The average Bonchev–Trinajstić information content (AvgIpc) is 2.15. The summed E-state index contributed by atoms with van der Waals surface area (Å²) in [6.45, 7) is 1.56. The molecule has 1 heterocycles. The fraction of sp³-hybridized carbons (Fsp3) is 0.200. The number of nitrogens with zero attached hydrogens (tertiary/aromatic N) is 1. The predicted octanol–water partition coefficient (Wildman–Crippen LogP) is 1.96. The largest absolute Gasteiger partial charge is 0.397 e. The Morgan fingerprint density at radius 1 is 1.64 bits per heavy atom. The second-order valence-corrected chi connectivity index (χ2v) is 3.92. The predicted molar refractivity (Wildman–Crippen MR) is 60.8 cm³/mol. The van der Waals surface area contributed by atoms with Crippen LogP contribution in [0.3, 0.4) is 0 Å². The fourth-order valence-corrected chi connectivity index (χ4v) is 1.28. The van der Waals surface area contributed by atoms with Gasteiger partial charge in [0.1, 0.15) is 0 Å². The quantitative estimate of drug-likeness (QED) is 0.825. The number of pyridine rings is 1. The third-order valence-corrected chi connectivity index (χ3v) is 2.25. The zero-order valence-electron chi connectivity index (χ0n) is 7.93. The van der Waals surface area contributed by atoms with Gasteiger partial charge in [-0.25, -0.2) is 0 Å². The second-order valence-electron chi connectivity index (χ2n) is 2.72. The molecule has 0 aliphatic rings. The van der Waals surface area contributed by atoms with Crippen LogP contribution in [0.1, 0.15) is 12.6 Å². The van der Waals surface area contributed by atoms with Gasteiger partial charge < -0.3 is 5.73 Å². The van der Waals surface area contributed by atoms with Crippen molar-refractivity contribution in [1.29, 1.82) is 0 Å². The number of carbonyl (C=O) groups is 1. The number of nitrogen functional groups attached to an aromatic ring is 1. The summed E-state index contributed by atoms with van der Waals surface area (Å²) in [5.74, 6) is 0.682. The molecule has 0 spiro atoms. The summed E-state index contributed by atoms with van der Waals surface area (Å²) in [6, 6.07) is 3.63. The van der Waals surface area contributed by atoms with Crippen molar-refractivity contribution in [3.63, 3.8) is 0 Å². The number of anilines is 1. The molecule has 1 aromatic rings. The first-order valence-electron chi connectivity index (χ1n) is 4.20. The zero-order valence-corrected chi connectivity index (χ0v) is 8.75. The van der Waals surface area contributed by atoms with E-state index in [1.54, 1.807) is 19.2 Å². The Labute approximate surface area is 87.4 Å². The smallest absolute Gasteiger partial charge is 0.186 e. The molecule has 0 aliphatic heterocycles. The third kappa shape index (κ3) is 4.09. The molecule has 0 saturated carbocycles. The summed E-state index contributed by atoms with van der Waals surface area (Å²) < 4.78 is 0. The number of aromatic nitrogens is 1. The van der Waals surface area contributed by atoms with Gasteiger partial charge in [-0.05, 0) is 18.2 Å². The van der Waals surface area contributed by atoms with Crippen LogP contribution in [0.25, 0.3) is 6.08 Å². The lowest BCUT2D eigenvalue weighted by Gasteiger charge is -1.93. The van der Waals surface area contributed by atoms with Crippen molar-refractivity contribution in [1.82, 2.24) is 4.98 Å². The van der Waals surface area contributed by atoms with Crippen molar-refractivity contribution in [3.05, 3.63) is 30.1 Å². The summed E-state index contributed by atoms with van der Waals surface area (Å²) in [6.07, 6.45) is 5.39. The van der Waals surface area contributed by atoms with Gasteiger partial charge in [0.15, 0.2) is 5.12 Å². The van der Waals surface area contributed by atoms with Crippen LogP contribution in [0, 0.1) is 0 Å². The van der Waals surface area contributed by atoms with Crippen molar-refractivity contribution >= 4 is 28.6 Å². The Morgan fingerprint density at radius 3 is 3.00 bits per heavy atom. The molecule has 1 aromatic heterocycles. The van der Waals surface area contributed by atoms with E-state index in [0.29, 0.717) is 11.4 Å².